The Morgan fingerprint density at radius 3 is 2.65 bits per heavy atom. The summed E-state index contributed by atoms with van der Waals surface area (Å²) < 4.78 is 37.3. The number of aliphatic carboxylic acids is 1. The van der Waals surface area contributed by atoms with Gasteiger partial charge in [0.05, 0.1) is 5.56 Å². The highest BCUT2D eigenvalue weighted by atomic mass is 19.4. The molecule has 6 heteroatoms. The largest absolute Gasteiger partial charge is 0.480 e. The molecule has 1 atom stereocenters. The predicted octanol–water partition coefficient (Wildman–Crippen LogP) is 1.80. The first kappa shape index (κ1) is 11.9. The first-order valence-corrected chi connectivity index (χ1v) is 5.03. The second-order valence-electron chi connectivity index (χ2n) is 3.96. The van der Waals surface area contributed by atoms with Crippen LogP contribution in [0.1, 0.15) is 16.7 Å². The second-order valence-corrected chi connectivity index (χ2v) is 3.96. The molecule has 1 aromatic rings. The summed E-state index contributed by atoms with van der Waals surface area (Å²) in [6, 6.07) is 2.69. The minimum absolute atomic E-state index is 0.149. The molecule has 0 bridgehead atoms. The standard InChI is InChI=1S/C11H10F3NO2/c12-11(13,14)8-2-1-6-4-9(10(16)17)15-5-7(6)3-8/h1-3,9,15H,4-5H2,(H,16,17)/t9-/m0/s1. The van der Waals surface area contributed by atoms with Crippen molar-refractivity contribution in [2.24, 2.45) is 0 Å². The molecule has 1 heterocycles. The molecule has 0 fully saturated rings. The number of rotatable bonds is 1. The Bertz CT molecular complexity index is 457. The van der Waals surface area contributed by atoms with Gasteiger partial charge < -0.3 is 10.4 Å². The van der Waals surface area contributed by atoms with Crippen LogP contribution in [0.3, 0.4) is 0 Å². The molecular formula is C11H10F3NO2. The number of carboxylic acids is 1. The third-order valence-corrected chi connectivity index (χ3v) is 2.79. The van der Waals surface area contributed by atoms with Gasteiger partial charge in [-0.3, -0.25) is 4.79 Å². The van der Waals surface area contributed by atoms with Gasteiger partial charge in [-0.05, 0) is 29.7 Å². The molecule has 0 unspecified atom stereocenters. The normalized spacial score (nSPS) is 19.8. The van der Waals surface area contributed by atoms with E-state index in [1.54, 1.807) is 0 Å². The summed E-state index contributed by atoms with van der Waals surface area (Å²) in [6.07, 6.45) is -4.15. The van der Waals surface area contributed by atoms with E-state index in [2.05, 4.69) is 5.32 Å². The van der Waals surface area contributed by atoms with Crippen LogP contribution >= 0.6 is 0 Å². The molecule has 0 saturated heterocycles. The topological polar surface area (TPSA) is 49.3 Å². The van der Waals surface area contributed by atoms with Gasteiger partial charge in [-0.15, -0.1) is 0 Å². The number of fused-ring (bicyclic) bond motifs is 1. The average Bonchev–Trinajstić information content (AvgIpc) is 2.26. The van der Waals surface area contributed by atoms with Gasteiger partial charge in [-0.2, -0.15) is 13.2 Å². The van der Waals surface area contributed by atoms with Crippen molar-refractivity contribution in [1.82, 2.24) is 5.32 Å². The van der Waals surface area contributed by atoms with Crippen molar-refractivity contribution in [3.63, 3.8) is 0 Å². The smallest absolute Gasteiger partial charge is 0.416 e. The fraction of sp³-hybridized carbons (Fsp3) is 0.364. The Morgan fingerprint density at radius 1 is 1.35 bits per heavy atom. The van der Waals surface area contributed by atoms with Gasteiger partial charge in [-0.1, -0.05) is 6.07 Å². The van der Waals surface area contributed by atoms with Crippen LogP contribution in [0.25, 0.3) is 0 Å². The van der Waals surface area contributed by atoms with E-state index in [0.717, 1.165) is 12.1 Å². The Labute approximate surface area is 95.3 Å². The lowest BCUT2D eigenvalue weighted by Crippen LogP contribution is -2.41. The Balaban J connectivity index is 2.29. The molecule has 2 rings (SSSR count). The first-order valence-electron chi connectivity index (χ1n) is 5.03. The Morgan fingerprint density at radius 2 is 2.06 bits per heavy atom. The molecule has 17 heavy (non-hydrogen) atoms. The van der Waals surface area contributed by atoms with E-state index in [0.29, 0.717) is 11.1 Å². The van der Waals surface area contributed by atoms with Gasteiger partial charge in [0.15, 0.2) is 0 Å². The fourth-order valence-electron chi connectivity index (χ4n) is 1.87. The summed E-state index contributed by atoms with van der Waals surface area (Å²) in [5.74, 6) is -0.990. The maximum atomic E-state index is 12.4. The zero-order valence-corrected chi connectivity index (χ0v) is 8.71. The van der Waals surface area contributed by atoms with Gasteiger partial charge in [0, 0.05) is 6.54 Å². The van der Waals surface area contributed by atoms with Crippen LogP contribution in [-0.2, 0) is 23.9 Å². The molecule has 1 aliphatic rings. The van der Waals surface area contributed by atoms with Crippen LogP contribution in [-0.4, -0.2) is 17.1 Å². The predicted molar refractivity (Wildman–Crippen MR) is 53.4 cm³/mol. The minimum atomic E-state index is -4.36. The fourth-order valence-corrected chi connectivity index (χ4v) is 1.87. The molecule has 1 aromatic carbocycles. The minimum Gasteiger partial charge on any atom is -0.480 e. The van der Waals surface area contributed by atoms with E-state index >= 15 is 0 Å². The highest BCUT2D eigenvalue weighted by molar-refractivity contribution is 5.74. The average molecular weight is 245 g/mol. The highest BCUT2D eigenvalue weighted by Gasteiger charge is 2.32. The second kappa shape index (κ2) is 4.03. The number of alkyl halides is 3. The molecule has 0 radical (unpaired) electrons. The first-order chi connectivity index (χ1) is 7.88. The van der Waals surface area contributed by atoms with E-state index in [-0.39, 0.29) is 13.0 Å². The summed E-state index contributed by atoms with van der Waals surface area (Å²) in [6.45, 7) is 0.149. The Hall–Kier alpha value is -1.56. The maximum Gasteiger partial charge on any atom is 0.416 e. The van der Waals surface area contributed by atoms with Crippen molar-refractivity contribution in [3.05, 3.63) is 34.9 Å². The monoisotopic (exact) mass is 245 g/mol. The van der Waals surface area contributed by atoms with Crippen LogP contribution in [0.4, 0.5) is 13.2 Å². The highest BCUT2D eigenvalue weighted by Crippen LogP contribution is 2.31. The zero-order chi connectivity index (χ0) is 12.6. The maximum absolute atomic E-state index is 12.4. The molecule has 2 N–H and O–H groups in total. The summed E-state index contributed by atoms with van der Waals surface area (Å²) >= 11 is 0. The van der Waals surface area contributed by atoms with Crippen molar-refractivity contribution in [1.29, 1.82) is 0 Å². The van der Waals surface area contributed by atoms with E-state index in [1.807, 2.05) is 0 Å². The van der Waals surface area contributed by atoms with Crippen molar-refractivity contribution in [3.8, 4) is 0 Å². The molecule has 0 amide bonds. The number of carboxylic acid groups (broad SMARTS) is 1. The molecule has 1 aliphatic heterocycles. The molecule has 0 aliphatic carbocycles. The van der Waals surface area contributed by atoms with Gasteiger partial charge in [0.25, 0.3) is 0 Å². The SMILES string of the molecule is O=C(O)[C@@H]1Cc2ccc(C(F)(F)F)cc2CN1. The molecule has 0 spiro atoms. The summed E-state index contributed by atoms with van der Waals surface area (Å²) in [4.78, 5) is 10.7. The lowest BCUT2D eigenvalue weighted by molar-refractivity contribution is -0.140. The molecular weight excluding hydrogens is 235 g/mol. The van der Waals surface area contributed by atoms with E-state index in [4.69, 9.17) is 5.11 Å². The summed E-state index contributed by atoms with van der Waals surface area (Å²) in [5.41, 5.74) is 0.466. The van der Waals surface area contributed by atoms with Gasteiger partial charge in [0.1, 0.15) is 6.04 Å². The number of benzene rings is 1. The van der Waals surface area contributed by atoms with Crippen LogP contribution in [0.5, 0.6) is 0 Å². The third kappa shape index (κ3) is 2.41. The van der Waals surface area contributed by atoms with Gasteiger partial charge in [0.2, 0.25) is 0 Å². The van der Waals surface area contributed by atoms with Crippen LogP contribution < -0.4 is 5.32 Å². The summed E-state index contributed by atoms with van der Waals surface area (Å²) in [7, 11) is 0. The summed E-state index contributed by atoms with van der Waals surface area (Å²) in [5, 5.41) is 11.5. The van der Waals surface area contributed by atoms with Gasteiger partial charge >= 0.3 is 12.1 Å². The quantitative estimate of drug-likeness (QED) is 0.793. The number of halogens is 3. The number of hydrogen-bond donors (Lipinski definition) is 2. The number of nitrogens with one attached hydrogen (secondary N) is 1. The van der Waals surface area contributed by atoms with E-state index in [9.17, 15) is 18.0 Å². The van der Waals surface area contributed by atoms with Crippen LogP contribution in [0.15, 0.2) is 18.2 Å². The van der Waals surface area contributed by atoms with E-state index in [1.165, 1.54) is 6.07 Å². The third-order valence-electron chi connectivity index (χ3n) is 2.79. The molecule has 0 saturated carbocycles. The molecule has 0 aromatic heterocycles. The number of carbonyl (C=O) groups is 1. The van der Waals surface area contributed by atoms with Crippen LogP contribution in [0.2, 0.25) is 0 Å². The lowest BCUT2D eigenvalue weighted by Gasteiger charge is -2.23. The van der Waals surface area contributed by atoms with Gasteiger partial charge in [-0.25, -0.2) is 0 Å². The molecule has 92 valence electrons. The van der Waals surface area contributed by atoms with Crippen molar-refractivity contribution >= 4 is 5.97 Å². The van der Waals surface area contributed by atoms with Crippen molar-refractivity contribution < 1.29 is 23.1 Å². The lowest BCUT2D eigenvalue weighted by atomic mass is 9.94. The van der Waals surface area contributed by atoms with E-state index < -0.39 is 23.8 Å². The van der Waals surface area contributed by atoms with Crippen LogP contribution in [0, 0.1) is 0 Å². The zero-order valence-electron chi connectivity index (χ0n) is 8.71. The Kier molecular flexibility index (Phi) is 2.82. The van der Waals surface area contributed by atoms with Crippen molar-refractivity contribution in [2.45, 2.75) is 25.2 Å². The molecule has 3 nitrogen and oxygen atoms in total. The number of hydrogen-bond acceptors (Lipinski definition) is 2. The van der Waals surface area contributed by atoms with Crippen molar-refractivity contribution in [2.75, 3.05) is 0 Å².